The van der Waals surface area contributed by atoms with Gasteiger partial charge in [-0.05, 0) is 27.8 Å². The lowest BCUT2D eigenvalue weighted by Gasteiger charge is -2.20. The third kappa shape index (κ3) is 6.53. The molecule has 0 spiro atoms. The Morgan fingerprint density at radius 2 is 1.75 bits per heavy atom. The maximum absolute atomic E-state index is 11.1. The minimum Gasteiger partial charge on any atom is -0.307 e. The van der Waals surface area contributed by atoms with Gasteiger partial charge in [-0.1, -0.05) is 0 Å². The summed E-state index contributed by atoms with van der Waals surface area (Å²) in [5.41, 5.74) is -0.445. The molecule has 0 saturated carbocycles. The second-order valence-corrected chi connectivity index (χ2v) is 5.03. The van der Waals surface area contributed by atoms with Crippen LogP contribution in [0.1, 0.15) is 20.8 Å². The molecule has 5 nitrogen and oxygen atoms in total. The summed E-state index contributed by atoms with van der Waals surface area (Å²) in [6, 6.07) is 0. The molecule has 0 saturated heterocycles. The minimum atomic E-state index is -3.36. The molecule has 0 aromatic heterocycles. The second kappa shape index (κ2) is 4.18. The van der Waals surface area contributed by atoms with Crippen LogP contribution < -0.4 is 14.8 Å². The highest BCUT2D eigenvalue weighted by molar-refractivity contribution is 7.87. The second-order valence-electron chi connectivity index (χ2n) is 3.53. The number of rotatable bonds is 4. The van der Waals surface area contributed by atoms with E-state index in [0.717, 1.165) is 0 Å². The van der Waals surface area contributed by atoms with Gasteiger partial charge in [0.25, 0.3) is 10.2 Å². The summed E-state index contributed by atoms with van der Waals surface area (Å²) in [6.45, 7) is 5.58. The summed E-state index contributed by atoms with van der Waals surface area (Å²) in [5, 5.41) is 2.68. The van der Waals surface area contributed by atoms with E-state index in [1.54, 1.807) is 27.8 Å². The first-order chi connectivity index (χ1) is 5.27. The lowest BCUT2D eigenvalue weighted by Crippen LogP contribution is -2.48. The van der Waals surface area contributed by atoms with E-state index in [2.05, 4.69) is 14.8 Å². The Balaban J connectivity index is 4.06. The molecule has 0 aromatic rings. The topological polar surface area (TPSA) is 70.2 Å². The Morgan fingerprint density at radius 1 is 1.25 bits per heavy atom. The van der Waals surface area contributed by atoms with Gasteiger partial charge in [-0.3, -0.25) is 0 Å². The van der Waals surface area contributed by atoms with Gasteiger partial charge in [0, 0.05) is 5.54 Å². The summed E-state index contributed by atoms with van der Waals surface area (Å²) in [6.07, 6.45) is 0. The van der Waals surface area contributed by atoms with Crippen molar-refractivity contribution < 1.29 is 8.42 Å². The molecule has 0 fully saturated rings. The average Bonchev–Trinajstić information content (AvgIpc) is 1.78. The summed E-state index contributed by atoms with van der Waals surface area (Å²) in [5.74, 6) is 0. The van der Waals surface area contributed by atoms with E-state index in [-0.39, 0.29) is 6.67 Å². The third-order valence-corrected chi connectivity index (χ3v) is 2.28. The van der Waals surface area contributed by atoms with E-state index in [1.807, 2.05) is 0 Å². The van der Waals surface area contributed by atoms with E-state index in [1.165, 1.54) is 0 Å². The summed E-state index contributed by atoms with van der Waals surface area (Å²) < 4.78 is 27.1. The Bertz CT molecular complexity index is 217. The number of hydrogen-bond acceptors (Lipinski definition) is 3. The van der Waals surface area contributed by atoms with Crippen LogP contribution in [0.3, 0.4) is 0 Å². The van der Waals surface area contributed by atoms with Crippen LogP contribution in [0.5, 0.6) is 0 Å². The van der Waals surface area contributed by atoms with Crippen LogP contribution in [0.25, 0.3) is 0 Å². The van der Waals surface area contributed by atoms with Crippen molar-refractivity contribution in [2.75, 3.05) is 13.7 Å². The fourth-order valence-electron chi connectivity index (χ4n) is 0.606. The molecule has 0 bridgehead atoms. The molecule has 12 heavy (non-hydrogen) atoms. The van der Waals surface area contributed by atoms with Gasteiger partial charge in [0.15, 0.2) is 0 Å². The molecule has 3 N–H and O–H groups in total. The van der Waals surface area contributed by atoms with Crippen LogP contribution in [0.4, 0.5) is 0 Å². The van der Waals surface area contributed by atoms with Gasteiger partial charge < -0.3 is 5.32 Å². The molecular weight excluding hydrogens is 178 g/mol. The molecule has 0 amide bonds. The van der Waals surface area contributed by atoms with Crippen LogP contribution in [0, 0.1) is 0 Å². The van der Waals surface area contributed by atoms with Crippen molar-refractivity contribution in [3.63, 3.8) is 0 Å². The predicted molar refractivity (Wildman–Crippen MR) is 48.9 cm³/mol. The monoisotopic (exact) mass is 195 g/mol. The Morgan fingerprint density at radius 3 is 2.08 bits per heavy atom. The summed E-state index contributed by atoms with van der Waals surface area (Å²) in [7, 11) is -1.70. The highest BCUT2D eigenvalue weighted by Gasteiger charge is 2.18. The van der Waals surface area contributed by atoms with Crippen molar-refractivity contribution in [2.45, 2.75) is 26.3 Å². The zero-order valence-corrected chi connectivity index (χ0v) is 8.75. The van der Waals surface area contributed by atoms with Gasteiger partial charge in [0.1, 0.15) is 0 Å². The van der Waals surface area contributed by atoms with Crippen LogP contribution >= 0.6 is 0 Å². The lowest BCUT2D eigenvalue weighted by molar-refractivity contribution is 0.482. The molecule has 6 heteroatoms. The molecule has 0 aliphatic heterocycles. The van der Waals surface area contributed by atoms with Gasteiger partial charge in [-0.2, -0.15) is 17.9 Å². The average molecular weight is 195 g/mol. The fourth-order valence-corrected chi connectivity index (χ4v) is 1.82. The first-order valence-electron chi connectivity index (χ1n) is 3.70. The molecule has 0 radical (unpaired) electrons. The van der Waals surface area contributed by atoms with Gasteiger partial charge >= 0.3 is 0 Å². The summed E-state index contributed by atoms with van der Waals surface area (Å²) >= 11 is 0. The molecule has 0 rings (SSSR count). The maximum Gasteiger partial charge on any atom is 0.278 e. The van der Waals surface area contributed by atoms with Gasteiger partial charge in [-0.25, -0.2) is 0 Å². The third-order valence-electron chi connectivity index (χ3n) is 0.880. The van der Waals surface area contributed by atoms with Gasteiger partial charge in [-0.15, -0.1) is 0 Å². The fraction of sp³-hybridized carbons (Fsp3) is 1.00. The molecule has 74 valence electrons. The molecular formula is C6H17N3O2S. The van der Waals surface area contributed by atoms with Crippen LogP contribution in [0.2, 0.25) is 0 Å². The van der Waals surface area contributed by atoms with E-state index in [9.17, 15) is 8.42 Å². The molecule has 0 aromatic carbocycles. The molecule has 0 unspecified atom stereocenters. The van der Waals surface area contributed by atoms with E-state index >= 15 is 0 Å². The Hall–Kier alpha value is -0.170. The standard InChI is InChI=1S/C6H17N3O2S/c1-6(2,3)9-12(10,11)8-5-7-4/h7-9H,5H2,1-4H3. The SMILES string of the molecule is CNCNS(=O)(=O)NC(C)(C)C. The van der Waals surface area contributed by atoms with Crippen LogP contribution in [0.15, 0.2) is 0 Å². The zero-order chi connectivity index (χ0) is 9.83. The normalized spacial score (nSPS) is 13.3. The summed E-state index contributed by atoms with van der Waals surface area (Å²) in [4.78, 5) is 0. The van der Waals surface area contributed by atoms with Crippen molar-refractivity contribution in [1.29, 1.82) is 0 Å². The lowest BCUT2D eigenvalue weighted by atomic mass is 10.1. The quantitative estimate of drug-likeness (QED) is 0.524. The predicted octanol–water partition coefficient (Wildman–Crippen LogP) is -0.614. The van der Waals surface area contributed by atoms with Crippen molar-refractivity contribution in [2.24, 2.45) is 0 Å². The Labute approximate surface area is 74.1 Å². The van der Waals surface area contributed by atoms with Crippen molar-refractivity contribution in [3.8, 4) is 0 Å². The number of hydrogen-bond donors (Lipinski definition) is 3. The van der Waals surface area contributed by atoms with Gasteiger partial charge in [0.05, 0.1) is 6.67 Å². The largest absolute Gasteiger partial charge is 0.307 e. The zero-order valence-electron chi connectivity index (χ0n) is 7.93. The maximum atomic E-state index is 11.1. The minimum absolute atomic E-state index is 0.228. The van der Waals surface area contributed by atoms with E-state index in [4.69, 9.17) is 0 Å². The Kier molecular flexibility index (Phi) is 4.12. The van der Waals surface area contributed by atoms with Crippen molar-refractivity contribution in [3.05, 3.63) is 0 Å². The van der Waals surface area contributed by atoms with Crippen molar-refractivity contribution in [1.82, 2.24) is 14.8 Å². The molecule has 0 aliphatic carbocycles. The first kappa shape index (κ1) is 11.8. The first-order valence-corrected chi connectivity index (χ1v) is 5.18. The smallest absolute Gasteiger partial charge is 0.278 e. The molecule has 0 heterocycles. The molecule has 0 aliphatic rings. The van der Waals surface area contributed by atoms with Crippen LogP contribution in [-0.2, 0) is 10.2 Å². The van der Waals surface area contributed by atoms with Gasteiger partial charge in [0.2, 0.25) is 0 Å². The highest BCUT2D eigenvalue weighted by atomic mass is 32.2. The molecule has 0 atom stereocenters. The van der Waals surface area contributed by atoms with Crippen LogP contribution in [-0.4, -0.2) is 27.7 Å². The highest BCUT2D eigenvalue weighted by Crippen LogP contribution is 1.99. The van der Waals surface area contributed by atoms with E-state index in [0.29, 0.717) is 0 Å². The number of nitrogens with one attached hydrogen (secondary N) is 3. The van der Waals surface area contributed by atoms with Crippen molar-refractivity contribution >= 4 is 10.2 Å². The van der Waals surface area contributed by atoms with E-state index < -0.39 is 15.7 Å².